The molecule has 1 heterocycles. The van der Waals surface area contributed by atoms with Gasteiger partial charge < -0.3 is 0 Å². The number of nitrogens with one attached hydrogen (secondary N) is 2. The molecule has 0 atom stereocenters. The summed E-state index contributed by atoms with van der Waals surface area (Å²) in [6.45, 7) is 1.95. The van der Waals surface area contributed by atoms with Crippen LogP contribution in [0.1, 0.15) is 27.3 Å². The van der Waals surface area contributed by atoms with Gasteiger partial charge >= 0.3 is 0 Å². The highest BCUT2D eigenvalue weighted by Gasteiger charge is 2.09. The molecule has 24 heavy (non-hydrogen) atoms. The van der Waals surface area contributed by atoms with Crippen LogP contribution in [0.5, 0.6) is 0 Å². The average Bonchev–Trinajstić information content (AvgIpc) is 3.01. The van der Waals surface area contributed by atoms with Crippen LogP contribution in [0, 0.1) is 6.92 Å². The first-order chi connectivity index (χ1) is 11.6. The third kappa shape index (κ3) is 3.97. The molecular weight excluding hydrogens is 322 g/mol. The van der Waals surface area contributed by atoms with E-state index in [9.17, 15) is 9.59 Å². The number of fused-ring (bicyclic) bond motifs is 1. The molecular formula is C18H17N3O2S. The highest BCUT2D eigenvalue weighted by molar-refractivity contribution is 7.18. The lowest BCUT2D eigenvalue weighted by Crippen LogP contribution is -2.41. The van der Waals surface area contributed by atoms with E-state index in [4.69, 9.17) is 0 Å². The minimum Gasteiger partial charge on any atom is -0.273 e. The molecule has 0 unspecified atom stereocenters. The number of thiazole rings is 1. The molecule has 0 aliphatic rings. The minimum atomic E-state index is -0.330. The maximum atomic E-state index is 11.9. The zero-order valence-electron chi connectivity index (χ0n) is 13.2. The fourth-order valence-electron chi connectivity index (χ4n) is 2.21. The molecule has 0 fully saturated rings. The number of para-hydroxylation sites is 1. The van der Waals surface area contributed by atoms with E-state index in [2.05, 4.69) is 15.8 Å². The maximum absolute atomic E-state index is 11.9. The summed E-state index contributed by atoms with van der Waals surface area (Å²) in [4.78, 5) is 28.3. The van der Waals surface area contributed by atoms with Gasteiger partial charge in [-0.2, -0.15) is 0 Å². The first-order valence-corrected chi connectivity index (χ1v) is 8.44. The van der Waals surface area contributed by atoms with Crippen LogP contribution in [0.4, 0.5) is 0 Å². The zero-order valence-corrected chi connectivity index (χ0v) is 14.0. The molecule has 0 saturated carbocycles. The fourth-order valence-corrected chi connectivity index (χ4v) is 3.18. The number of carbonyl (C=O) groups is 2. The maximum Gasteiger partial charge on any atom is 0.269 e. The lowest BCUT2D eigenvalue weighted by Gasteiger charge is -2.07. The molecule has 2 amide bonds. The average molecular weight is 339 g/mol. The van der Waals surface area contributed by atoms with Gasteiger partial charge in [0, 0.05) is 18.4 Å². The van der Waals surface area contributed by atoms with Crippen molar-refractivity contribution < 1.29 is 9.59 Å². The standard InChI is InChI=1S/C18H17N3O2S/c1-12-6-8-13(9-7-12)18(23)21-20-16(22)10-11-17-19-14-4-2-3-5-15(14)24-17/h2-9H,10-11H2,1H3,(H,20,22)(H,21,23). The zero-order chi connectivity index (χ0) is 16.9. The number of hydrazine groups is 1. The third-order valence-corrected chi connectivity index (χ3v) is 4.63. The molecule has 0 aliphatic heterocycles. The van der Waals surface area contributed by atoms with Crippen molar-refractivity contribution in [1.82, 2.24) is 15.8 Å². The van der Waals surface area contributed by atoms with Crippen LogP contribution >= 0.6 is 11.3 Å². The van der Waals surface area contributed by atoms with Crippen LogP contribution in [0.15, 0.2) is 48.5 Å². The Morgan fingerprint density at radius 3 is 2.54 bits per heavy atom. The van der Waals surface area contributed by atoms with E-state index in [-0.39, 0.29) is 18.2 Å². The van der Waals surface area contributed by atoms with Gasteiger partial charge in [0.2, 0.25) is 5.91 Å². The van der Waals surface area contributed by atoms with Crippen molar-refractivity contribution in [1.29, 1.82) is 0 Å². The topological polar surface area (TPSA) is 71.1 Å². The fraction of sp³-hybridized carbons (Fsp3) is 0.167. The smallest absolute Gasteiger partial charge is 0.269 e. The number of amides is 2. The van der Waals surface area contributed by atoms with Gasteiger partial charge in [-0.15, -0.1) is 11.3 Å². The van der Waals surface area contributed by atoms with Gasteiger partial charge in [0.25, 0.3) is 5.91 Å². The second-order valence-corrected chi connectivity index (χ2v) is 6.56. The molecule has 0 aliphatic carbocycles. The number of aryl methyl sites for hydroxylation is 2. The van der Waals surface area contributed by atoms with Gasteiger partial charge in [0.05, 0.1) is 15.2 Å². The summed E-state index contributed by atoms with van der Waals surface area (Å²) < 4.78 is 1.11. The monoisotopic (exact) mass is 339 g/mol. The highest BCUT2D eigenvalue weighted by atomic mass is 32.1. The normalized spacial score (nSPS) is 10.5. The Bertz CT molecular complexity index is 838. The van der Waals surface area contributed by atoms with Gasteiger partial charge in [-0.25, -0.2) is 4.98 Å². The van der Waals surface area contributed by atoms with Crippen molar-refractivity contribution in [2.24, 2.45) is 0 Å². The molecule has 3 aromatic rings. The Hall–Kier alpha value is -2.73. The summed E-state index contributed by atoms with van der Waals surface area (Å²) in [6, 6.07) is 15.0. The molecule has 0 radical (unpaired) electrons. The van der Waals surface area contributed by atoms with Gasteiger partial charge in [-0.1, -0.05) is 29.8 Å². The summed E-state index contributed by atoms with van der Waals surface area (Å²) in [6.07, 6.45) is 0.819. The molecule has 122 valence electrons. The lowest BCUT2D eigenvalue weighted by atomic mass is 10.1. The van der Waals surface area contributed by atoms with E-state index in [1.165, 1.54) is 0 Å². The Labute approximate surface area is 143 Å². The summed E-state index contributed by atoms with van der Waals surface area (Å²) in [5, 5.41) is 0.913. The summed E-state index contributed by atoms with van der Waals surface area (Å²) in [5.74, 6) is -0.571. The van der Waals surface area contributed by atoms with E-state index in [1.807, 2.05) is 43.3 Å². The van der Waals surface area contributed by atoms with Crippen molar-refractivity contribution in [3.63, 3.8) is 0 Å². The van der Waals surface area contributed by atoms with E-state index in [1.54, 1.807) is 23.5 Å². The van der Waals surface area contributed by atoms with Crippen molar-refractivity contribution in [2.75, 3.05) is 0 Å². The van der Waals surface area contributed by atoms with Gasteiger partial charge in [-0.05, 0) is 31.2 Å². The number of carbonyl (C=O) groups excluding carboxylic acids is 2. The molecule has 2 N–H and O–H groups in total. The molecule has 6 heteroatoms. The van der Waals surface area contributed by atoms with Gasteiger partial charge in [-0.3, -0.25) is 20.4 Å². The Morgan fingerprint density at radius 2 is 1.79 bits per heavy atom. The number of hydrogen-bond donors (Lipinski definition) is 2. The first kappa shape index (κ1) is 16.1. The lowest BCUT2D eigenvalue weighted by molar-refractivity contribution is -0.121. The third-order valence-electron chi connectivity index (χ3n) is 3.53. The molecule has 0 saturated heterocycles. The summed E-state index contributed by atoms with van der Waals surface area (Å²) in [7, 11) is 0. The number of benzene rings is 2. The van der Waals surface area contributed by atoms with Crippen molar-refractivity contribution in [2.45, 2.75) is 19.8 Å². The van der Waals surface area contributed by atoms with Crippen LogP contribution in [-0.4, -0.2) is 16.8 Å². The largest absolute Gasteiger partial charge is 0.273 e. The Balaban J connectivity index is 1.48. The molecule has 3 rings (SSSR count). The summed E-state index contributed by atoms with van der Waals surface area (Å²) in [5.41, 5.74) is 7.40. The molecule has 0 spiro atoms. The van der Waals surface area contributed by atoms with E-state index >= 15 is 0 Å². The van der Waals surface area contributed by atoms with Crippen LogP contribution in [-0.2, 0) is 11.2 Å². The summed E-state index contributed by atoms with van der Waals surface area (Å²) >= 11 is 1.58. The van der Waals surface area contributed by atoms with E-state index in [0.717, 1.165) is 20.8 Å². The van der Waals surface area contributed by atoms with Crippen LogP contribution in [0.25, 0.3) is 10.2 Å². The van der Waals surface area contributed by atoms with Crippen molar-refractivity contribution >= 4 is 33.4 Å². The van der Waals surface area contributed by atoms with Crippen LogP contribution < -0.4 is 10.9 Å². The Kier molecular flexibility index (Phi) is 4.86. The molecule has 2 aromatic carbocycles. The van der Waals surface area contributed by atoms with Crippen LogP contribution in [0.2, 0.25) is 0 Å². The Morgan fingerprint density at radius 1 is 1.04 bits per heavy atom. The molecule has 1 aromatic heterocycles. The second-order valence-electron chi connectivity index (χ2n) is 5.44. The van der Waals surface area contributed by atoms with Crippen LogP contribution in [0.3, 0.4) is 0 Å². The van der Waals surface area contributed by atoms with Gasteiger partial charge in [0.15, 0.2) is 0 Å². The number of rotatable bonds is 4. The number of aromatic nitrogens is 1. The van der Waals surface area contributed by atoms with E-state index in [0.29, 0.717) is 12.0 Å². The van der Waals surface area contributed by atoms with Gasteiger partial charge in [0.1, 0.15) is 0 Å². The predicted octanol–water partition coefficient (Wildman–Crippen LogP) is 3.00. The first-order valence-electron chi connectivity index (χ1n) is 7.62. The highest BCUT2D eigenvalue weighted by Crippen LogP contribution is 2.22. The molecule has 0 bridgehead atoms. The number of nitrogens with zero attached hydrogens (tertiary/aromatic N) is 1. The molecule has 5 nitrogen and oxygen atoms in total. The quantitative estimate of drug-likeness (QED) is 0.718. The second kappa shape index (κ2) is 7.23. The minimum absolute atomic E-state index is 0.241. The number of hydrogen-bond acceptors (Lipinski definition) is 4. The van der Waals surface area contributed by atoms with E-state index < -0.39 is 0 Å². The van der Waals surface area contributed by atoms with Crippen molar-refractivity contribution in [3.05, 3.63) is 64.7 Å². The predicted molar refractivity (Wildman–Crippen MR) is 94.7 cm³/mol. The SMILES string of the molecule is Cc1ccc(C(=O)NNC(=O)CCc2nc3ccccc3s2)cc1. The van der Waals surface area contributed by atoms with Crippen molar-refractivity contribution in [3.8, 4) is 0 Å².